The number of carbonyl (C=O) groups excluding carboxylic acids is 9. The van der Waals surface area contributed by atoms with Crippen molar-refractivity contribution in [1.82, 2.24) is 5.32 Å². The van der Waals surface area contributed by atoms with Crippen molar-refractivity contribution in [1.29, 1.82) is 0 Å². The number of carboxylic acids is 1. The van der Waals surface area contributed by atoms with Crippen LogP contribution in [0.25, 0.3) is 73.1 Å². The van der Waals surface area contributed by atoms with Crippen molar-refractivity contribution in [3.8, 4) is 31.3 Å². The summed E-state index contributed by atoms with van der Waals surface area (Å²) in [6, 6.07) is 33.9. The summed E-state index contributed by atoms with van der Waals surface area (Å²) in [4.78, 5) is 140. The molecule has 6 aliphatic rings. The lowest BCUT2D eigenvalue weighted by molar-refractivity contribution is -0.154. The van der Waals surface area contributed by atoms with Gasteiger partial charge in [0, 0.05) is 89.3 Å². The molecule has 3 aromatic heterocycles. The molecule has 37 heteroatoms. The highest BCUT2D eigenvalue weighted by molar-refractivity contribution is 7.18. The Balaban J connectivity index is 0.000000252. The second-order valence-electron chi connectivity index (χ2n) is 36.7. The summed E-state index contributed by atoms with van der Waals surface area (Å²) in [5.41, 5.74) is 39.1. The topological polar surface area (TPSA) is 483 Å². The highest BCUT2D eigenvalue weighted by atomic mass is 35.5. The Bertz CT molecular complexity index is 5040. The molecule has 18 unspecified atom stereocenters. The van der Waals surface area contributed by atoms with Gasteiger partial charge in [0.2, 0.25) is 23.0 Å². The van der Waals surface area contributed by atoms with Gasteiger partial charge in [-0.05, 0) is 275 Å². The Labute approximate surface area is 815 Å². The first-order valence-corrected chi connectivity index (χ1v) is 49.8. The SMILES string of the molecule is CC1CCC(C(=O)Cl)C(N=[N+]=[N-])C1.CC1CCC(C(=O)O)C(N=[N+]=[N-])C1.CCOC(=O)C1CCC(C)CC1N=[N+]=[N-].CCOC(=O)C1CCC(C)CC1O.COC(=O)c1sc(-c2ccccc2)cc1N(C(=O)C1CCC(C)CC1N=[N+]=[N-])C(C)C.COC(=O)c1sc(-c2ccccc2)cc1N(C(=O)C1CCC(C)CC1NC(C)=O)C(C)C.COC(=O)c1sc(-c2ccccc2)cc1NC(C)C. The van der Waals surface area contributed by atoms with Gasteiger partial charge in [-0.15, -0.1) is 34.0 Å². The molecule has 6 aromatic rings. The summed E-state index contributed by atoms with van der Waals surface area (Å²) in [7, 11) is 4.10. The van der Waals surface area contributed by atoms with E-state index in [9.17, 15) is 53.1 Å². The van der Waals surface area contributed by atoms with Gasteiger partial charge in [0.15, 0.2) is 0 Å². The summed E-state index contributed by atoms with van der Waals surface area (Å²) in [6.45, 7) is 30.3. The number of azide groups is 4. The molecule has 33 nitrogen and oxygen atoms in total. The molecular formula is C99H137ClN16O17S3. The monoisotopic (exact) mass is 1950 g/mol. The van der Waals surface area contributed by atoms with Crippen LogP contribution in [-0.4, -0.2) is 158 Å². The number of aliphatic hydroxyl groups excluding tert-OH is 1. The predicted molar refractivity (Wildman–Crippen MR) is 533 cm³/mol. The number of nitrogens with one attached hydrogen (secondary N) is 2. The van der Waals surface area contributed by atoms with E-state index in [1.54, 1.807) is 23.6 Å². The number of hydrogen-bond acceptors (Lipinski definition) is 24. The van der Waals surface area contributed by atoms with E-state index in [0.29, 0.717) is 107 Å². The molecule has 3 heterocycles. The van der Waals surface area contributed by atoms with E-state index < -0.39 is 35.8 Å². The second kappa shape index (κ2) is 57.9. The third kappa shape index (κ3) is 34.3. The Kier molecular flexibility index (Phi) is 48.4. The van der Waals surface area contributed by atoms with Gasteiger partial charge in [0.25, 0.3) is 0 Å². The minimum atomic E-state index is -0.843. The molecule has 6 saturated carbocycles. The first-order chi connectivity index (χ1) is 64.8. The van der Waals surface area contributed by atoms with Crippen molar-refractivity contribution >= 4 is 121 Å². The number of thiophene rings is 3. The van der Waals surface area contributed by atoms with Crippen molar-refractivity contribution < 1.29 is 81.8 Å². The predicted octanol–water partition coefficient (Wildman–Crippen LogP) is 24.0. The van der Waals surface area contributed by atoms with Crippen LogP contribution in [-0.2, 0) is 57.2 Å². The molecule has 136 heavy (non-hydrogen) atoms. The lowest BCUT2D eigenvalue weighted by Crippen LogP contribution is -2.52. The Hall–Kier alpha value is -11.1. The normalized spacial score (nSPS) is 24.1. The minimum Gasteiger partial charge on any atom is -0.481 e. The third-order valence-corrected chi connectivity index (χ3v) is 28.8. The largest absolute Gasteiger partial charge is 0.481 e. The van der Waals surface area contributed by atoms with Gasteiger partial charge in [-0.3, -0.25) is 33.6 Å². The van der Waals surface area contributed by atoms with Crippen molar-refractivity contribution in [2.24, 2.45) is 91.5 Å². The molecule has 0 aliphatic heterocycles. The fourth-order valence-electron chi connectivity index (χ4n) is 18.1. The zero-order valence-corrected chi connectivity index (χ0v) is 84.7. The number of amides is 3. The van der Waals surface area contributed by atoms with Crippen molar-refractivity contribution in [3.05, 3.63) is 166 Å². The number of esters is 5. The highest BCUT2D eigenvalue weighted by Gasteiger charge is 2.43. The maximum atomic E-state index is 13.9. The second-order valence-corrected chi connectivity index (χ2v) is 40.3. The Morgan fingerprint density at radius 1 is 0.441 bits per heavy atom. The number of hydrogen-bond donors (Lipinski definition) is 4. The van der Waals surface area contributed by atoms with Crippen LogP contribution < -0.4 is 20.4 Å². The van der Waals surface area contributed by atoms with Crippen LogP contribution in [0.2, 0.25) is 0 Å². The number of aliphatic hydroxyl groups is 1. The zero-order valence-electron chi connectivity index (χ0n) is 81.5. The average Bonchev–Trinajstić information content (AvgIpc) is 1.63. The van der Waals surface area contributed by atoms with Gasteiger partial charge in [-0.25, -0.2) is 14.4 Å². The van der Waals surface area contributed by atoms with Gasteiger partial charge < -0.3 is 54.3 Å². The van der Waals surface area contributed by atoms with Gasteiger partial charge in [0.05, 0.1) is 93.5 Å². The Morgan fingerprint density at radius 2 is 0.757 bits per heavy atom. The van der Waals surface area contributed by atoms with Crippen LogP contribution in [0.3, 0.4) is 0 Å². The molecule has 4 N–H and O–H groups in total. The molecule has 12 rings (SSSR count). The minimum absolute atomic E-state index is 0.0618. The molecule has 0 saturated heterocycles. The molecule has 0 bridgehead atoms. The summed E-state index contributed by atoms with van der Waals surface area (Å²) in [6.07, 6.45) is 14.0. The maximum absolute atomic E-state index is 13.9. The number of carbonyl (C=O) groups is 10. The molecule has 3 amide bonds. The number of aliphatic carboxylic acids is 1. The number of methoxy groups -OCH3 is 3. The van der Waals surface area contributed by atoms with Crippen LogP contribution in [0.5, 0.6) is 0 Å². The summed E-state index contributed by atoms with van der Waals surface area (Å²) >= 11 is 9.51. The van der Waals surface area contributed by atoms with Crippen LogP contribution >= 0.6 is 45.6 Å². The van der Waals surface area contributed by atoms with Gasteiger partial charge in [-0.2, -0.15) is 0 Å². The standard InChI is InChI=1S/C25H32N2O4S.C23H28N4O3S.C15H17NO2S.C10H17N3O2.C10H18O3.C8H12ClN3O.C8H13N3O2/c1-15(2)27(24(29)19-12-11-16(3)13-20(19)26-17(4)28)21-14-22(18-9-7-6-8-10-18)32-23(21)25(30)31-5;1-14(2)27(22(28)17-11-10-15(3)12-18(17)25-26-24)19-13-20(16-8-6-5-7-9-16)31-21(19)23(29)30-4;1-10(2)16-12-9-13(11-7-5-4-6-8-11)19-14(12)15(17)18-3;1-3-15-10(14)8-5-4-7(2)6-9(8)12-13-11;1-3-13-10(12)8-5-4-7(2)6-9(8)11;1-5-2-3-6(8(9)13)7(4-5)11-12-10;1-5-2-3-6(8(12)13)7(4-5)10-11-9/h6-10,14-16,19-20H,11-13H2,1-5H3,(H,26,28);5-9,13-15,17-18H,10-12H2,1-4H3;4-10,16H,1-3H3;7-9H,3-6H2,1-2H3;7-9,11H,3-6H2,1-2H3;5-7H,2-4H2,1H3;5-7H,2-4H2,1H3,(H,12,13). The van der Waals surface area contributed by atoms with Gasteiger partial charge in [-0.1, -0.05) is 153 Å². The number of halogens is 1. The molecule has 6 aliphatic carbocycles. The number of ether oxygens (including phenoxy) is 5. The number of benzene rings is 3. The van der Waals surface area contributed by atoms with E-state index in [2.05, 4.69) is 92.3 Å². The molecule has 740 valence electrons. The fraction of sp³-hybridized carbons (Fsp3) is 0.596. The highest BCUT2D eigenvalue weighted by Crippen LogP contribution is 2.45. The van der Waals surface area contributed by atoms with Gasteiger partial charge >= 0.3 is 35.8 Å². The maximum Gasteiger partial charge on any atom is 0.350 e. The Morgan fingerprint density at radius 3 is 1.12 bits per heavy atom. The first kappa shape index (κ1) is 114. The summed E-state index contributed by atoms with van der Waals surface area (Å²) < 4.78 is 24.8. The van der Waals surface area contributed by atoms with Crippen molar-refractivity contribution in [2.75, 3.05) is 49.7 Å². The molecule has 18 atom stereocenters. The lowest BCUT2D eigenvalue weighted by Gasteiger charge is -2.38. The van der Waals surface area contributed by atoms with Crippen molar-refractivity contribution in [2.45, 2.75) is 274 Å². The van der Waals surface area contributed by atoms with E-state index in [1.807, 2.05) is 151 Å². The molecule has 6 fully saturated rings. The number of anilines is 3. The molecule has 3 aromatic carbocycles. The van der Waals surface area contributed by atoms with E-state index in [1.165, 1.54) is 62.3 Å². The van der Waals surface area contributed by atoms with Crippen LogP contribution in [0.4, 0.5) is 17.1 Å². The quantitative estimate of drug-likeness (QED) is 0.0103. The van der Waals surface area contributed by atoms with Gasteiger partial charge in [0.1, 0.15) is 14.6 Å². The van der Waals surface area contributed by atoms with E-state index in [0.717, 1.165) is 120 Å². The van der Waals surface area contributed by atoms with Crippen LogP contribution in [0, 0.1) is 71.0 Å². The summed E-state index contributed by atoms with van der Waals surface area (Å²) in [5.74, 6) is -1.94. The number of rotatable bonds is 25. The van der Waals surface area contributed by atoms with E-state index in [4.69, 9.17) is 62.5 Å². The number of carboxylic acid groups (broad SMARTS) is 1. The van der Waals surface area contributed by atoms with Crippen LogP contribution in [0.1, 0.15) is 248 Å². The summed E-state index contributed by atoms with van der Waals surface area (Å²) in [5, 5.41) is 39.2. The van der Waals surface area contributed by atoms with Crippen molar-refractivity contribution in [3.63, 3.8) is 0 Å². The fourth-order valence-corrected chi connectivity index (χ4v) is 21.5. The lowest BCUT2D eigenvalue weighted by atomic mass is 9.78. The average molecular weight is 1950 g/mol. The zero-order chi connectivity index (χ0) is 101. The number of nitrogens with zero attached hydrogens (tertiary/aromatic N) is 14. The molecular weight excluding hydrogens is 1820 g/mol. The smallest absolute Gasteiger partial charge is 0.350 e. The van der Waals surface area contributed by atoms with E-state index >= 15 is 0 Å². The van der Waals surface area contributed by atoms with E-state index in [-0.39, 0.29) is 113 Å². The molecule has 0 radical (unpaired) electrons. The third-order valence-electron chi connectivity index (χ3n) is 25.0. The molecule has 0 spiro atoms. The van der Waals surface area contributed by atoms with Crippen LogP contribution in [0.15, 0.2) is 130 Å². The first-order valence-electron chi connectivity index (χ1n) is 47.0.